The van der Waals surface area contributed by atoms with Crippen molar-refractivity contribution in [3.8, 4) is 0 Å². The molecule has 0 aromatic heterocycles. The summed E-state index contributed by atoms with van der Waals surface area (Å²) in [5.74, 6) is -0.557. The van der Waals surface area contributed by atoms with Gasteiger partial charge in [0, 0.05) is 19.2 Å². The molecule has 1 N–H and O–H groups in total. The second kappa shape index (κ2) is 6.02. The first-order valence-corrected chi connectivity index (χ1v) is 4.84. The van der Waals surface area contributed by atoms with Crippen LogP contribution in [0.25, 0.3) is 0 Å². The van der Waals surface area contributed by atoms with Crippen molar-refractivity contribution in [1.29, 1.82) is 0 Å². The summed E-state index contributed by atoms with van der Waals surface area (Å²) < 4.78 is 18.1. The van der Waals surface area contributed by atoms with Crippen LogP contribution in [-0.4, -0.2) is 13.0 Å². The normalized spacial score (nSPS) is 9.88. The average Bonchev–Trinajstić information content (AvgIpc) is 2.30. The predicted octanol–water partition coefficient (Wildman–Crippen LogP) is 1.77. The van der Waals surface area contributed by atoms with Gasteiger partial charge in [-0.1, -0.05) is 12.6 Å². The number of methoxy groups -OCH3 is 1. The molecule has 0 bridgehead atoms. The van der Waals surface area contributed by atoms with Crippen molar-refractivity contribution in [2.24, 2.45) is 0 Å². The van der Waals surface area contributed by atoms with E-state index in [1.165, 1.54) is 19.3 Å². The molecule has 0 radical (unpaired) electrons. The van der Waals surface area contributed by atoms with E-state index in [-0.39, 0.29) is 18.3 Å². The minimum atomic E-state index is -0.305. The summed E-state index contributed by atoms with van der Waals surface area (Å²) in [5, 5.41) is 2.62. The Morgan fingerprint density at radius 1 is 1.62 bits per heavy atom. The lowest BCUT2D eigenvalue weighted by atomic mass is 10.1. The van der Waals surface area contributed by atoms with Crippen molar-refractivity contribution in [3.63, 3.8) is 0 Å². The molecule has 0 saturated carbocycles. The van der Waals surface area contributed by atoms with Crippen LogP contribution in [0.4, 0.5) is 4.39 Å². The highest BCUT2D eigenvalue weighted by molar-refractivity contribution is 5.86. The maximum absolute atomic E-state index is 13.2. The van der Waals surface area contributed by atoms with E-state index in [1.807, 2.05) is 0 Å². The van der Waals surface area contributed by atoms with E-state index in [1.54, 1.807) is 12.1 Å². The maximum Gasteiger partial charge on any atom is 0.243 e. The molecule has 1 aromatic carbocycles. The number of hydrogen-bond acceptors (Lipinski definition) is 2. The summed E-state index contributed by atoms with van der Waals surface area (Å²) in [6.07, 6.45) is 1.19. The standard InChI is InChI=1S/C12H14FNO2/c1-3-12(15)14-7-9-4-5-11(13)10(6-9)8-16-2/h3-6H,1,7-8H2,2H3,(H,14,15). The van der Waals surface area contributed by atoms with Crippen molar-refractivity contribution in [1.82, 2.24) is 5.32 Å². The number of carbonyl (C=O) groups excluding carboxylic acids is 1. The third-order valence-electron chi connectivity index (χ3n) is 2.06. The fourth-order valence-corrected chi connectivity index (χ4v) is 1.27. The van der Waals surface area contributed by atoms with Gasteiger partial charge < -0.3 is 10.1 Å². The SMILES string of the molecule is C=CC(=O)NCc1ccc(F)c(COC)c1. The van der Waals surface area contributed by atoms with Gasteiger partial charge in [-0.15, -0.1) is 0 Å². The molecular formula is C12H14FNO2. The monoisotopic (exact) mass is 223 g/mol. The lowest BCUT2D eigenvalue weighted by Crippen LogP contribution is -2.20. The number of amides is 1. The lowest BCUT2D eigenvalue weighted by Gasteiger charge is -2.06. The quantitative estimate of drug-likeness (QED) is 0.773. The van der Waals surface area contributed by atoms with Gasteiger partial charge >= 0.3 is 0 Å². The summed E-state index contributed by atoms with van der Waals surface area (Å²) in [6, 6.07) is 4.66. The van der Waals surface area contributed by atoms with Gasteiger partial charge in [0.1, 0.15) is 5.82 Å². The van der Waals surface area contributed by atoms with Crippen LogP contribution in [0.5, 0.6) is 0 Å². The Labute approximate surface area is 93.9 Å². The number of carbonyl (C=O) groups is 1. The lowest BCUT2D eigenvalue weighted by molar-refractivity contribution is -0.116. The van der Waals surface area contributed by atoms with Gasteiger partial charge in [-0.05, 0) is 23.8 Å². The first-order valence-electron chi connectivity index (χ1n) is 4.84. The molecule has 0 spiro atoms. The van der Waals surface area contributed by atoms with Crippen molar-refractivity contribution in [2.45, 2.75) is 13.2 Å². The van der Waals surface area contributed by atoms with Crippen LogP contribution in [0, 0.1) is 5.82 Å². The summed E-state index contributed by atoms with van der Waals surface area (Å²) in [4.78, 5) is 10.9. The number of benzene rings is 1. The molecule has 0 fully saturated rings. The number of ether oxygens (including phenoxy) is 1. The number of nitrogens with one attached hydrogen (secondary N) is 1. The fourth-order valence-electron chi connectivity index (χ4n) is 1.27. The van der Waals surface area contributed by atoms with Gasteiger partial charge in [-0.3, -0.25) is 4.79 Å². The minimum Gasteiger partial charge on any atom is -0.380 e. The van der Waals surface area contributed by atoms with E-state index in [2.05, 4.69) is 11.9 Å². The average molecular weight is 223 g/mol. The Hall–Kier alpha value is -1.68. The van der Waals surface area contributed by atoms with Crippen LogP contribution in [0.1, 0.15) is 11.1 Å². The van der Waals surface area contributed by atoms with Gasteiger partial charge in [0.15, 0.2) is 0 Å². The zero-order chi connectivity index (χ0) is 12.0. The van der Waals surface area contributed by atoms with Crippen LogP contribution in [0.15, 0.2) is 30.9 Å². The summed E-state index contributed by atoms with van der Waals surface area (Å²) >= 11 is 0. The molecule has 0 aliphatic carbocycles. The number of halogens is 1. The highest BCUT2D eigenvalue weighted by Crippen LogP contribution is 2.11. The molecule has 1 aromatic rings. The van der Waals surface area contributed by atoms with E-state index >= 15 is 0 Å². The van der Waals surface area contributed by atoms with Crippen molar-refractivity contribution >= 4 is 5.91 Å². The van der Waals surface area contributed by atoms with Gasteiger partial charge in [-0.2, -0.15) is 0 Å². The second-order valence-electron chi connectivity index (χ2n) is 3.28. The van der Waals surface area contributed by atoms with Crippen molar-refractivity contribution in [2.75, 3.05) is 7.11 Å². The molecule has 0 unspecified atom stereocenters. The van der Waals surface area contributed by atoms with Crippen LogP contribution in [0.3, 0.4) is 0 Å². The Kier molecular flexibility index (Phi) is 4.66. The Morgan fingerprint density at radius 2 is 2.38 bits per heavy atom. The molecule has 3 nitrogen and oxygen atoms in total. The second-order valence-corrected chi connectivity index (χ2v) is 3.28. The molecule has 0 atom stereocenters. The van der Waals surface area contributed by atoms with E-state index < -0.39 is 0 Å². The van der Waals surface area contributed by atoms with E-state index in [4.69, 9.17) is 4.74 Å². The smallest absolute Gasteiger partial charge is 0.243 e. The van der Waals surface area contributed by atoms with Gasteiger partial charge in [0.2, 0.25) is 5.91 Å². The zero-order valence-electron chi connectivity index (χ0n) is 9.13. The summed E-state index contributed by atoms with van der Waals surface area (Å²) in [5.41, 5.74) is 1.30. The predicted molar refractivity (Wildman–Crippen MR) is 59.2 cm³/mol. The molecule has 4 heteroatoms. The van der Waals surface area contributed by atoms with Crippen LogP contribution < -0.4 is 5.32 Å². The molecular weight excluding hydrogens is 209 g/mol. The fraction of sp³-hybridized carbons (Fsp3) is 0.250. The van der Waals surface area contributed by atoms with Crippen LogP contribution in [-0.2, 0) is 22.7 Å². The van der Waals surface area contributed by atoms with Crippen LogP contribution >= 0.6 is 0 Å². The summed E-state index contributed by atoms with van der Waals surface area (Å²) in [7, 11) is 1.51. The number of rotatable bonds is 5. The van der Waals surface area contributed by atoms with Crippen LogP contribution in [0.2, 0.25) is 0 Å². The third kappa shape index (κ3) is 3.47. The maximum atomic E-state index is 13.2. The van der Waals surface area contributed by atoms with Gasteiger partial charge in [-0.25, -0.2) is 4.39 Å². The first kappa shape index (κ1) is 12.4. The third-order valence-corrected chi connectivity index (χ3v) is 2.06. The van der Waals surface area contributed by atoms with Crippen molar-refractivity contribution in [3.05, 3.63) is 47.8 Å². The molecule has 0 aliphatic heterocycles. The Balaban J connectivity index is 2.70. The molecule has 16 heavy (non-hydrogen) atoms. The van der Waals surface area contributed by atoms with E-state index in [0.29, 0.717) is 12.1 Å². The zero-order valence-corrected chi connectivity index (χ0v) is 9.13. The van der Waals surface area contributed by atoms with Gasteiger partial charge in [0.25, 0.3) is 0 Å². The molecule has 1 amide bonds. The van der Waals surface area contributed by atoms with Gasteiger partial charge in [0.05, 0.1) is 6.61 Å². The Bertz CT molecular complexity index is 391. The molecule has 0 heterocycles. The molecule has 0 saturated heterocycles. The summed E-state index contributed by atoms with van der Waals surface area (Å²) in [6.45, 7) is 3.91. The molecule has 0 aliphatic rings. The van der Waals surface area contributed by atoms with Crippen molar-refractivity contribution < 1.29 is 13.9 Å². The Morgan fingerprint density at radius 3 is 3.00 bits per heavy atom. The molecule has 86 valence electrons. The topological polar surface area (TPSA) is 38.3 Å². The highest BCUT2D eigenvalue weighted by atomic mass is 19.1. The molecule has 1 rings (SSSR count). The first-order chi connectivity index (χ1) is 7.67. The number of hydrogen-bond donors (Lipinski definition) is 1. The largest absolute Gasteiger partial charge is 0.380 e. The van der Waals surface area contributed by atoms with E-state index in [0.717, 1.165) is 5.56 Å². The highest BCUT2D eigenvalue weighted by Gasteiger charge is 2.03. The van der Waals surface area contributed by atoms with E-state index in [9.17, 15) is 9.18 Å². The minimum absolute atomic E-state index is 0.217.